The Bertz CT molecular complexity index is 4460. The van der Waals surface area contributed by atoms with Crippen LogP contribution in [0.15, 0.2) is 0 Å². The van der Waals surface area contributed by atoms with Crippen LogP contribution in [0.3, 0.4) is 0 Å². The van der Waals surface area contributed by atoms with Gasteiger partial charge in [0.05, 0.1) is 67.6 Å². The molecule has 8 heteroatoms. The number of fused-ring (bicyclic) bond motifs is 4. The summed E-state index contributed by atoms with van der Waals surface area (Å²) in [4.78, 5) is 0. The van der Waals surface area contributed by atoms with Gasteiger partial charge in [-0.3, -0.25) is 0 Å². The van der Waals surface area contributed by atoms with Crippen LogP contribution in [-0.4, -0.2) is 39.1 Å². The SMILES string of the molecule is Cc1c(C)c(-n2nc(C)c3c(C)c(C)c(C)c(C)c32)c(C)c(C)c1-c1c(C)c(C)c(-n2nc(C)c3c(C)c(C)c(C)c(C)c32)c(C)c1C.Cc1c(C)c(-n2nc(C)c3c(C)c(C)c(C)c(C)c32)c(C)c(C)c1-n1nc(C)c2c(C)c(C)c(C)c(C)c21. The van der Waals surface area contributed by atoms with Gasteiger partial charge < -0.3 is 0 Å². The molecule has 11 rings (SSSR count). The van der Waals surface area contributed by atoms with Crippen LogP contribution in [0.2, 0.25) is 0 Å². The first-order valence-electron chi connectivity index (χ1n) is 31.2. The lowest BCUT2D eigenvalue weighted by atomic mass is 9.81. The minimum absolute atomic E-state index is 1.09. The van der Waals surface area contributed by atoms with Crippen molar-refractivity contribution in [2.24, 2.45) is 0 Å². The van der Waals surface area contributed by atoms with Crippen molar-refractivity contribution in [3.05, 3.63) is 179 Å². The van der Waals surface area contributed by atoms with E-state index in [9.17, 15) is 0 Å². The molecule has 4 heterocycles. The van der Waals surface area contributed by atoms with E-state index in [2.05, 4.69) is 240 Å². The number of benzene rings is 7. The van der Waals surface area contributed by atoms with Crippen molar-refractivity contribution in [1.29, 1.82) is 0 Å². The largest absolute Gasteiger partial charge is 0.232 e. The maximum Gasteiger partial charge on any atom is 0.0778 e. The van der Waals surface area contributed by atoms with Gasteiger partial charge in [-0.05, 0) is 388 Å². The maximum atomic E-state index is 5.24. The minimum Gasteiger partial charge on any atom is -0.232 e. The Morgan fingerprint density at radius 1 is 0.151 bits per heavy atom. The van der Waals surface area contributed by atoms with Crippen molar-refractivity contribution < 1.29 is 0 Å². The first-order valence-corrected chi connectivity index (χ1v) is 31.2. The van der Waals surface area contributed by atoms with Gasteiger partial charge in [-0.15, -0.1) is 0 Å². The Morgan fingerprint density at radius 2 is 0.291 bits per heavy atom. The van der Waals surface area contributed by atoms with E-state index in [0.717, 1.165) is 22.8 Å². The smallest absolute Gasteiger partial charge is 0.0778 e. The lowest BCUT2D eigenvalue weighted by Crippen LogP contribution is -2.12. The van der Waals surface area contributed by atoms with Gasteiger partial charge in [-0.2, -0.15) is 20.4 Å². The molecule has 0 atom stereocenters. The van der Waals surface area contributed by atoms with Crippen molar-refractivity contribution in [3.8, 4) is 33.9 Å². The van der Waals surface area contributed by atoms with E-state index in [1.807, 2.05) is 0 Å². The van der Waals surface area contributed by atoms with Crippen LogP contribution < -0.4 is 0 Å². The normalized spacial score (nSPS) is 12.0. The zero-order valence-corrected chi connectivity index (χ0v) is 58.6. The van der Waals surface area contributed by atoms with E-state index < -0.39 is 0 Å². The molecule has 4 aromatic heterocycles. The Kier molecular flexibility index (Phi) is 15.1. The summed E-state index contributed by atoms with van der Waals surface area (Å²) in [7, 11) is 0. The Hall–Kier alpha value is -7.58. The molecule has 0 fully saturated rings. The van der Waals surface area contributed by atoms with Crippen LogP contribution in [0.5, 0.6) is 0 Å². The van der Waals surface area contributed by atoms with Crippen molar-refractivity contribution in [3.63, 3.8) is 0 Å². The van der Waals surface area contributed by atoms with Gasteiger partial charge in [0.1, 0.15) is 0 Å². The van der Waals surface area contributed by atoms with Gasteiger partial charge in [0.2, 0.25) is 0 Å². The first kappa shape index (κ1) is 61.5. The molecular weight excluding hydrogens is 1050 g/mol. The number of aromatic nitrogens is 8. The first-order chi connectivity index (χ1) is 40.1. The van der Waals surface area contributed by atoms with Crippen LogP contribution in [0.1, 0.15) is 179 Å². The van der Waals surface area contributed by atoms with Crippen LogP contribution in [0, 0.1) is 222 Å². The monoisotopic (exact) mass is 1140 g/mol. The van der Waals surface area contributed by atoms with E-state index in [1.165, 1.54) is 233 Å². The number of hydrogen-bond acceptors (Lipinski definition) is 4. The second kappa shape index (κ2) is 21.1. The number of hydrogen-bond donors (Lipinski definition) is 0. The fourth-order valence-electron chi connectivity index (χ4n) is 15.5. The summed E-state index contributed by atoms with van der Waals surface area (Å²) >= 11 is 0. The van der Waals surface area contributed by atoms with Gasteiger partial charge in [-0.1, -0.05) is 0 Å². The lowest BCUT2D eigenvalue weighted by Gasteiger charge is -2.27. The molecule has 0 aliphatic carbocycles. The third kappa shape index (κ3) is 8.33. The van der Waals surface area contributed by atoms with E-state index in [-0.39, 0.29) is 0 Å². The molecule has 0 aliphatic heterocycles. The predicted octanol–water partition coefficient (Wildman–Crippen LogP) is 20.3. The van der Waals surface area contributed by atoms with E-state index in [4.69, 9.17) is 20.4 Å². The summed E-state index contributed by atoms with van der Waals surface area (Å²) < 4.78 is 8.96. The molecule has 7 aromatic carbocycles. The van der Waals surface area contributed by atoms with Crippen LogP contribution in [-0.2, 0) is 0 Å². The van der Waals surface area contributed by atoms with E-state index in [0.29, 0.717) is 0 Å². The van der Waals surface area contributed by atoms with Crippen LogP contribution >= 0.6 is 0 Å². The zero-order valence-electron chi connectivity index (χ0n) is 58.6. The fourth-order valence-corrected chi connectivity index (χ4v) is 15.5. The third-order valence-electron chi connectivity index (χ3n) is 22.7. The lowest BCUT2D eigenvalue weighted by molar-refractivity contribution is 0.841. The van der Waals surface area contributed by atoms with Gasteiger partial charge >= 0.3 is 0 Å². The second-order valence-corrected chi connectivity index (χ2v) is 26.5. The second-order valence-electron chi connectivity index (χ2n) is 26.5. The minimum atomic E-state index is 1.09. The van der Waals surface area contributed by atoms with Crippen molar-refractivity contribution in [1.82, 2.24) is 39.1 Å². The number of nitrogens with zero attached hydrogens (tertiary/aromatic N) is 8. The highest BCUT2D eigenvalue weighted by atomic mass is 15.3. The van der Waals surface area contributed by atoms with Gasteiger partial charge in [0, 0.05) is 21.5 Å². The summed E-state index contributed by atoms with van der Waals surface area (Å²) in [6.45, 7) is 71.9. The zero-order chi connectivity index (χ0) is 63.7. The average Bonchev–Trinajstić information content (AvgIpc) is 1.44. The van der Waals surface area contributed by atoms with E-state index in [1.54, 1.807) is 0 Å². The summed E-state index contributed by atoms with van der Waals surface area (Å²) in [5.41, 5.74) is 53.8. The molecule has 448 valence electrons. The summed E-state index contributed by atoms with van der Waals surface area (Å²) in [6, 6.07) is 0. The Morgan fingerprint density at radius 3 is 0.453 bits per heavy atom. The maximum absolute atomic E-state index is 5.24. The highest BCUT2D eigenvalue weighted by Crippen LogP contribution is 2.46. The quantitative estimate of drug-likeness (QED) is 0.172. The average molecular weight is 1150 g/mol. The highest BCUT2D eigenvalue weighted by Gasteiger charge is 2.30. The molecule has 0 aliphatic rings. The fraction of sp³-hybridized carbons (Fsp3) is 0.410. The molecule has 0 saturated carbocycles. The van der Waals surface area contributed by atoms with Crippen molar-refractivity contribution in [2.75, 3.05) is 0 Å². The molecule has 11 aromatic rings. The predicted molar refractivity (Wildman–Crippen MR) is 368 cm³/mol. The van der Waals surface area contributed by atoms with Gasteiger partial charge in [0.25, 0.3) is 0 Å². The topological polar surface area (TPSA) is 71.3 Å². The summed E-state index contributed by atoms with van der Waals surface area (Å²) in [5.74, 6) is 0. The Balaban J connectivity index is 0.000000196. The third-order valence-corrected chi connectivity index (χ3v) is 22.7. The molecule has 8 nitrogen and oxygen atoms in total. The molecular formula is C78H96N8. The van der Waals surface area contributed by atoms with Crippen LogP contribution in [0.25, 0.3) is 77.5 Å². The summed E-state index contributed by atoms with van der Waals surface area (Å²) in [6.07, 6.45) is 0. The van der Waals surface area contributed by atoms with E-state index >= 15 is 0 Å². The molecule has 0 amide bonds. The number of aryl methyl sites for hydroxylation is 12. The molecule has 0 radical (unpaired) electrons. The Labute approximate surface area is 514 Å². The van der Waals surface area contributed by atoms with Gasteiger partial charge in [0.15, 0.2) is 0 Å². The number of rotatable bonds is 5. The molecule has 86 heavy (non-hydrogen) atoms. The van der Waals surface area contributed by atoms with Crippen molar-refractivity contribution in [2.45, 2.75) is 222 Å². The standard InChI is InChI=1S/C44H54N4.C34H42N4/c1-19-21(3)29(11)43-39(23(19)5)35(17)45-47(43)41-31(13)25(7)37(26(8)32(41)14)38-27(9)33(15)42(34(16)28(38)10)48-44-30(12)22(4)20(2)24(6)40(44)36(18)46-48;1-15-17(3)21(7)33-29(19(15)5)27(13)35-37(33)31-23(9)25(11)32(26(12)24(31)10)38-34-22(8)18(4)16(2)20(6)30(34)28(14)36-38/h1-18H3;1-14H3. The van der Waals surface area contributed by atoms with Crippen molar-refractivity contribution >= 4 is 43.6 Å². The highest BCUT2D eigenvalue weighted by molar-refractivity contribution is 5.96. The molecule has 0 N–H and O–H groups in total. The van der Waals surface area contributed by atoms with Gasteiger partial charge in [-0.25, -0.2) is 18.7 Å². The summed E-state index contributed by atoms with van der Waals surface area (Å²) in [5, 5.41) is 26.0. The van der Waals surface area contributed by atoms with Crippen LogP contribution in [0.4, 0.5) is 0 Å². The molecule has 0 saturated heterocycles. The molecule has 0 spiro atoms. The molecule has 0 unspecified atom stereocenters. The molecule has 0 bridgehead atoms.